The molecule has 2 aliphatic rings. The van der Waals surface area contributed by atoms with Gasteiger partial charge < -0.3 is 0 Å². The number of fused-ring (bicyclic) bond motifs is 1. The number of alkyl halides is 3. The van der Waals surface area contributed by atoms with Crippen LogP contribution in [0.1, 0.15) is 12.8 Å². The minimum atomic E-state index is -2.28. The number of hydrogen-bond donors (Lipinski definition) is 0. The molecule has 58 valence electrons. The molecule has 0 bridgehead atoms. The van der Waals surface area contributed by atoms with E-state index in [1.54, 1.807) is 0 Å². The van der Waals surface area contributed by atoms with Crippen molar-refractivity contribution in [1.82, 2.24) is 0 Å². The lowest BCUT2D eigenvalue weighted by Crippen LogP contribution is -2.08. The summed E-state index contributed by atoms with van der Waals surface area (Å²) in [6.45, 7) is 0. The Bertz CT molecular complexity index is 144. The summed E-state index contributed by atoms with van der Waals surface area (Å²) in [4.78, 5) is 0. The normalized spacial score (nSPS) is 48.9. The molecule has 2 fully saturated rings. The van der Waals surface area contributed by atoms with E-state index in [1.165, 1.54) is 0 Å². The van der Waals surface area contributed by atoms with Crippen molar-refractivity contribution in [3.05, 3.63) is 0 Å². The lowest BCUT2D eigenvalue weighted by molar-refractivity contribution is 0.0659. The molecule has 0 heterocycles. The molecule has 2 rings (SSSR count). The lowest BCUT2D eigenvalue weighted by atomic mass is 10.1. The van der Waals surface area contributed by atoms with E-state index in [4.69, 9.17) is 0 Å². The summed E-state index contributed by atoms with van der Waals surface area (Å²) >= 11 is 3.32. The summed E-state index contributed by atoms with van der Waals surface area (Å²) < 4.78 is 25.1. The topological polar surface area (TPSA) is 0 Å². The predicted molar refractivity (Wildman–Crippen MR) is 38.4 cm³/mol. The van der Waals surface area contributed by atoms with E-state index in [0.29, 0.717) is 5.92 Å². The fourth-order valence-corrected chi connectivity index (χ4v) is 2.57. The Kier molecular flexibility index (Phi) is 1.35. The maximum atomic E-state index is 12.5. The van der Waals surface area contributed by atoms with Crippen LogP contribution in [0.2, 0.25) is 0 Å². The van der Waals surface area contributed by atoms with Crippen LogP contribution in [-0.4, -0.2) is 11.3 Å². The summed E-state index contributed by atoms with van der Waals surface area (Å²) in [5, 5.41) is 0.899. The van der Waals surface area contributed by atoms with Crippen LogP contribution in [0.3, 0.4) is 0 Å². The molecule has 2 aliphatic carbocycles. The van der Waals surface area contributed by atoms with E-state index in [2.05, 4.69) is 15.9 Å². The van der Waals surface area contributed by atoms with Gasteiger partial charge in [-0.05, 0) is 18.8 Å². The minimum Gasteiger partial charge on any atom is -0.206 e. The van der Waals surface area contributed by atoms with Gasteiger partial charge in [0.05, 0.1) is 0 Å². The SMILES string of the molecule is FC1(F)C2CC(CBr)CC21. The third-order valence-electron chi connectivity index (χ3n) is 2.76. The largest absolute Gasteiger partial charge is 0.254 e. The van der Waals surface area contributed by atoms with Crippen LogP contribution in [0.4, 0.5) is 8.78 Å². The molecule has 3 heteroatoms. The van der Waals surface area contributed by atoms with Crippen molar-refractivity contribution in [2.24, 2.45) is 17.8 Å². The van der Waals surface area contributed by atoms with Crippen molar-refractivity contribution in [2.75, 3.05) is 5.33 Å². The summed E-state index contributed by atoms with van der Waals surface area (Å²) in [7, 11) is 0. The molecule has 0 saturated heterocycles. The molecule has 0 aliphatic heterocycles. The van der Waals surface area contributed by atoms with Gasteiger partial charge in [-0.2, -0.15) is 0 Å². The summed E-state index contributed by atoms with van der Waals surface area (Å²) in [5.74, 6) is -2.27. The molecule has 0 radical (unpaired) electrons. The fraction of sp³-hybridized carbons (Fsp3) is 1.00. The zero-order valence-electron chi connectivity index (χ0n) is 5.49. The van der Waals surface area contributed by atoms with Gasteiger partial charge in [-0.15, -0.1) is 0 Å². The van der Waals surface area contributed by atoms with E-state index in [-0.39, 0.29) is 11.8 Å². The van der Waals surface area contributed by atoms with Gasteiger partial charge in [-0.25, -0.2) is 8.78 Å². The maximum Gasteiger partial charge on any atom is 0.254 e. The molecule has 0 amide bonds. The molecule has 2 saturated carbocycles. The lowest BCUT2D eigenvalue weighted by Gasteiger charge is -2.09. The van der Waals surface area contributed by atoms with Gasteiger partial charge in [0.1, 0.15) is 0 Å². The molecule has 0 N–H and O–H groups in total. The van der Waals surface area contributed by atoms with E-state index in [0.717, 1.165) is 18.2 Å². The van der Waals surface area contributed by atoms with Crippen LogP contribution in [0.25, 0.3) is 0 Å². The number of hydrogen-bond acceptors (Lipinski definition) is 0. The highest BCUT2D eigenvalue weighted by Gasteiger charge is 2.71. The monoisotopic (exact) mass is 210 g/mol. The van der Waals surface area contributed by atoms with Crippen molar-refractivity contribution in [2.45, 2.75) is 18.8 Å². The second-order valence-electron chi connectivity index (χ2n) is 3.38. The molecule has 0 nitrogen and oxygen atoms in total. The Hall–Kier alpha value is 0.340. The van der Waals surface area contributed by atoms with Gasteiger partial charge in [0.15, 0.2) is 0 Å². The third-order valence-corrected chi connectivity index (χ3v) is 3.67. The summed E-state index contributed by atoms with van der Waals surface area (Å²) in [6.07, 6.45) is 1.48. The average Bonchev–Trinajstić information content (AvgIpc) is 2.37. The molecular formula is C7H9BrF2. The highest BCUT2D eigenvalue weighted by Crippen LogP contribution is 2.65. The van der Waals surface area contributed by atoms with Gasteiger partial charge in [-0.3, -0.25) is 0 Å². The Morgan fingerprint density at radius 3 is 2.20 bits per heavy atom. The highest BCUT2D eigenvalue weighted by atomic mass is 79.9. The highest BCUT2D eigenvalue weighted by molar-refractivity contribution is 9.09. The Morgan fingerprint density at radius 2 is 1.80 bits per heavy atom. The van der Waals surface area contributed by atoms with Crippen molar-refractivity contribution >= 4 is 15.9 Å². The first-order valence-electron chi connectivity index (χ1n) is 3.60. The molecule has 0 aromatic rings. The quantitative estimate of drug-likeness (QED) is 0.585. The van der Waals surface area contributed by atoms with Gasteiger partial charge in [0.2, 0.25) is 0 Å². The Morgan fingerprint density at radius 1 is 1.30 bits per heavy atom. The summed E-state index contributed by atoms with van der Waals surface area (Å²) in [6, 6.07) is 0. The fourth-order valence-electron chi connectivity index (χ4n) is 2.04. The standard InChI is InChI=1S/C7H9BrF2/c8-3-4-1-5-6(2-4)7(5,9)10/h4-6H,1-3H2. The second kappa shape index (κ2) is 1.93. The van der Waals surface area contributed by atoms with Crippen LogP contribution >= 0.6 is 15.9 Å². The smallest absolute Gasteiger partial charge is 0.206 e. The predicted octanol–water partition coefficient (Wildman–Crippen LogP) is 2.67. The zero-order valence-corrected chi connectivity index (χ0v) is 7.07. The van der Waals surface area contributed by atoms with Crippen molar-refractivity contribution in [1.29, 1.82) is 0 Å². The van der Waals surface area contributed by atoms with Crippen molar-refractivity contribution in [3.63, 3.8) is 0 Å². The first-order valence-corrected chi connectivity index (χ1v) is 4.72. The first kappa shape index (κ1) is 7.01. The number of halogens is 3. The molecule has 2 unspecified atom stereocenters. The first-order chi connectivity index (χ1) is 4.66. The average molecular weight is 211 g/mol. The van der Waals surface area contributed by atoms with Crippen LogP contribution in [-0.2, 0) is 0 Å². The van der Waals surface area contributed by atoms with Crippen LogP contribution < -0.4 is 0 Å². The van der Waals surface area contributed by atoms with Crippen molar-refractivity contribution < 1.29 is 8.78 Å². The Balaban J connectivity index is 1.96. The van der Waals surface area contributed by atoms with E-state index in [1.807, 2.05) is 0 Å². The van der Waals surface area contributed by atoms with Gasteiger partial charge >= 0.3 is 0 Å². The molecule has 2 atom stereocenters. The minimum absolute atomic E-state index is 0.255. The molecule has 10 heavy (non-hydrogen) atoms. The van der Waals surface area contributed by atoms with E-state index >= 15 is 0 Å². The molecular weight excluding hydrogens is 202 g/mol. The molecule has 0 spiro atoms. The van der Waals surface area contributed by atoms with Gasteiger partial charge in [-0.1, -0.05) is 15.9 Å². The van der Waals surface area contributed by atoms with Crippen LogP contribution in [0.15, 0.2) is 0 Å². The summed E-state index contributed by atoms with van der Waals surface area (Å²) in [5.41, 5.74) is 0. The Labute approximate surface area is 67.1 Å². The van der Waals surface area contributed by atoms with Crippen molar-refractivity contribution in [3.8, 4) is 0 Å². The molecule has 0 aromatic carbocycles. The third kappa shape index (κ3) is 0.758. The number of rotatable bonds is 1. The van der Waals surface area contributed by atoms with Crippen LogP contribution in [0, 0.1) is 17.8 Å². The van der Waals surface area contributed by atoms with Crippen LogP contribution in [0.5, 0.6) is 0 Å². The maximum absolute atomic E-state index is 12.5. The van der Waals surface area contributed by atoms with Gasteiger partial charge in [0, 0.05) is 17.2 Å². The van der Waals surface area contributed by atoms with Gasteiger partial charge in [0.25, 0.3) is 5.92 Å². The zero-order chi connectivity index (χ0) is 7.35. The molecule has 0 aromatic heterocycles. The second-order valence-corrected chi connectivity index (χ2v) is 4.03. The van der Waals surface area contributed by atoms with E-state index < -0.39 is 5.92 Å². The van der Waals surface area contributed by atoms with E-state index in [9.17, 15) is 8.78 Å².